The third-order valence-corrected chi connectivity index (χ3v) is 3.50. The molecule has 80 valence electrons. The van der Waals surface area contributed by atoms with Crippen LogP contribution in [0, 0.1) is 0 Å². The SMILES string of the molecule is NCC(=O)C1(c2ccccc2)CCCC1. The van der Waals surface area contributed by atoms with Crippen LogP contribution in [-0.4, -0.2) is 12.3 Å². The first-order chi connectivity index (χ1) is 7.29. The van der Waals surface area contributed by atoms with Crippen molar-refractivity contribution in [3.8, 4) is 0 Å². The molecule has 0 saturated heterocycles. The lowest BCUT2D eigenvalue weighted by Gasteiger charge is -2.27. The van der Waals surface area contributed by atoms with Crippen molar-refractivity contribution in [3.63, 3.8) is 0 Å². The molecule has 0 aliphatic heterocycles. The van der Waals surface area contributed by atoms with Gasteiger partial charge in [0.25, 0.3) is 0 Å². The minimum atomic E-state index is -0.268. The second-order valence-corrected chi connectivity index (χ2v) is 4.28. The summed E-state index contributed by atoms with van der Waals surface area (Å²) in [5, 5.41) is 0. The van der Waals surface area contributed by atoms with Gasteiger partial charge in [-0.2, -0.15) is 0 Å². The van der Waals surface area contributed by atoms with Crippen LogP contribution in [0.15, 0.2) is 30.3 Å². The third-order valence-electron chi connectivity index (χ3n) is 3.50. The fourth-order valence-electron chi connectivity index (χ4n) is 2.66. The summed E-state index contributed by atoms with van der Waals surface area (Å²) < 4.78 is 0. The van der Waals surface area contributed by atoms with Gasteiger partial charge in [0, 0.05) is 0 Å². The van der Waals surface area contributed by atoms with Gasteiger partial charge in [0.05, 0.1) is 12.0 Å². The van der Waals surface area contributed by atoms with E-state index >= 15 is 0 Å². The van der Waals surface area contributed by atoms with E-state index < -0.39 is 0 Å². The van der Waals surface area contributed by atoms with Crippen molar-refractivity contribution in [2.75, 3.05) is 6.54 Å². The van der Waals surface area contributed by atoms with Crippen LogP contribution in [0.4, 0.5) is 0 Å². The van der Waals surface area contributed by atoms with Crippen molar-refractivity contribution >= 4 is 5.78 Å². The molecule has 0 bridgehead atoms. The second-order valence-electron chi connectivity index (χ2n) is 4.28. The molecule has 1 fully saturated rings. The molecule has 2 nitrogen and oxygen atoms in total. The van der Waals surface area contributed by atoms with Crippen LogP contribution >= 0.6 is 0 Å². The molecule has 0 unspecified atom stereocenters. The van der Waals surface area contributed by atoms with Gasteiger partial charge < -0.3 is 5.73 Å². The van der Waals surface area contributed by atoms with Gasteiger partial charge in [0.1, 0.15) is 0 Å². The van der Waals surface area contributed by atoms with E-state index in [2.05, 4.69) is 12.1 Å². The highest BCUT2D eigenvalue weighted by atomic mass is 16.1. The summed E-state index contributed by atoms with van der Waals surface area (Å²) in [6, 6.07) is 10.1. The second kappa shape index (κ2) is 4.15. The average molecular weight is 203 g/mol. The molecule has 0 aromatic heterocycles. The zero-order valence-corrected chi connectivity index (χ0v) is 8.91. The lowest BCUT2D eigenvalue weighted by Crippen LogP contribution is -2.37. The number of carbonyl (C=O) groups excluding carboxylic acids is 1. The average Bonchev–Trinajstić information content (AvgIpc) is 2.79. The molecule has 0 amide bonds. The summed E-state index contributed by atoms with van der Waals surface area (Å²) >= 11 is 0. The molecule has 2 heteroatoms. The molecular weight excluding hydrogens is 186 g/mol. The van der Waals surface area contributed by atoms with Crippen LogP contribution in [0.25, 0.3) is 0 Å². The fraction of sp³-hybridized carbons (Fsp3) is 0.462. The van der Waals surface area contributed by atoms with Crippen molar-refractivity contribution in [3.05, 3.63) is 35.9 Å². The van der Waals surface area contributed by atoms with Gasteiger partial charge in [0.15, 0.2) is 5.78 Å². The van der Waals surface area contributed by atoms with Gasteiger partial charge in [-0.25, -0.2) is 0 Å². The van der Waals surface area contributed by atoms with Gasteiger partial charge in [-0.05, 0) is 18.4 Å². The lowest BCUT2D eigenvalue weighted by atomic mass is 9.75. The molecule has 0 spiro atoms. The molecule has 1 aromatic rings. The predicted molar refractivity (Wildman–Crippen MR) is 60.6 cm³/mol. The first kappa shape index (κ1) is 10.4. The van der Waals surface area contributed by atoms with Crippen molar-refractivity contribution in [2.45, 2.75) is 31.1 Å². The molecule has 0 atom stereocenters. The number of nitrogens with two attached hydrogens (primary N) is 1. The standard InChI is InChI=1S/C13H17NO/c14-10-12(15)13(8-4-5-9-13)11-6-2-1-3-7-11/h1-3,6-7H,4-5,8-10,14H2. The van der Waals surface area contributed by atoms with Crippen molar-refractivity contribution in [1.29, 1.82) is 0 Å². The number of hydrogen-bond acceptors (Lipinski definition) is 2. The van der Waals surface area contributed by atoms with Crippen LogP contribution in [0.1, 0.15) is 31.2 Å². The number of Topliss-reactive ketones (excluding diaryl/α,β-unsaturated/α-hetero) is 1. The maximum atomic E-state index is 12.0. The Morgan fingerprint density at radius 2 is 1.80 bits per heavy atom. The van der Waals surface area contributed by atoms with Gasteiger partial charge in [-0.3, -0.25) is 4.79 Å². The Bertz CT molecular complexity index is 339. The number of ketones is 1. The molecule has 2 rings (SSSR count). The van der Waals surface area contributed by atoms with Gasteiger partial charge >= 0.3 is 0 Å². The lowest BCUT2D eigenvalue weighted by molar-refractivity contribution is -0.123. The van der Waals surface area contributed by atoms with E-state index in [1.54, 1.807) is 0 Å². The minimum absolute atomic E-state index is 0.162. The van der Waals surface area contributed by atoms with Crippen LogP contribution in [0.3, 0.4) is 0 Å². The quantitative estimate of drug-likeness (QED) is 0.816. The molecule has 1 aliphatic rings. The van der Waals surface area contributed by atoms with E-state index in [0.717, 1.165) is 31.2 Å². The van der Waals surface area contributed by atoms with E-state index in [0.29, 0.717) is 0 Å². The molecule has 0 radical (unpaired) electrons. The number of carbonyl (C=O) groups is 1. The van der Waals surface area contributed by atoms with Crippen LogP contribution in [0.2, 0.25) is 0 Å². The normalized spacial score (nSPS) is 19.0. The third kappa shape index (κ3) is 1.70. The van der Waals surface area contributed by atoms with E-state index in [1.807, 2.05) is 18.2 Å². The summed E-state index contributed by atoms with van der Waals surface area (Å²) in [4.78, 5) is 12.0. The van der Waals surface area contributed by atoms with Gasteiger partial charge in [-0.15, -0.1) is 0 Å². The van der Waals surface area contributed by atoms with E-state index in [9.17, 15) is 4.79 Å². The number of benzene rings is 1. The fourth-order valence-corrected chi connectivity index (χ4v) is 2.66. The maximum Gasteiger partial charge on any atom is 0.156 e. The van der Waals surface area contributed by atoms with E-state index in [1.165, 1.54) is 0 Å². The summed E-state index contributed by atoms with van der Waals surface area (Å²) in [6.45, 7) is 0.162. The van der Waals surface area contributed by atoms with Crippen molar-refractivity contribution < 1.29 is 4.79 Å². The number of hydrogen-bond donors (Lipinski definition) is 1. The molecule has 1 saturated carbocycles. The highest BCUT2D eigenvalue weighted by Gasteiger charge is 2.41. The highest BCUT2D eigenvalue weighted by Crippen LogP contribution is 2.41. The zero-order valence-electron chi connectivity index (χ0n) is 8.91. The van der Waals surface area contributed by atoms with E-state index in [4.69, 9.17) is 5.73 Å². The molecule has 15 heavy (non-hydrogen) atoms. The Labute approximate surface area is 90.5 Å². The highest BCUT2D eigenvalue weighted by molar-refractivity contribution is 5.91. The monoisotopic (exact) mass is 203 g/mol. The molecule has 2 N–H and O–H groups in total. The predicted octanol–water partition coefficient (Wildman–Crippen LogP) is 2.03. The van der Waals surface area contributed by atoms with E-state index in [-0.39, 0.29) is 17.7 Å². The molecule has 0 heterocycles. The summed E-state index contributed by atoms with van der Waals surface area (Å²) in [5.74, 6) is 0.200. The van der Waals surface area contributed by atoms with Crippen LogP contribution < -0.4 is 5.73 Å². The van der Waals surface area contributed by atoms with Gasteiger partial charge in [-0.1, -0.05) is 43.2 Å². The first-order valence-corrected chi connectivity index (χ1v) is 5.58. The first-order valence-electron chi connectivity index (χ1n) is 5.58. The van der Waals surface area contributed by atoms with Crippen molar-refractivity contribution in [2.24, 2.45) is 5.73 Å². The Balaban J connectivity index is 2.39. The zero-order chi connectivity index (χ0) is 10.7. The topological polar surface area (TPSA) is 43.1 Å². The Morgan fingerprint density at radius 3 is 2.33 bits per heavy atom. The van der Waals surface area contributed by atoms with Crippen LogP contribution in [-0.2, 0) is 10.2 Å². The van der Waals surface area contributed by atoms with Crippen molar-refractivity contribution in [1.82, 2.24) is 0 Å². The Kier molecular flexibility index (Phi) is 2.87. The van der Waals surface area contributed by atoms with Crippen LogP contribution in [0.5, 0.6) is 0 Å². The summed E-state index contributed by atoms with van der Waals surface area (Å²) in [7, 11) is 0. The largest absolute Gasteiger partial charge is 0.324 e. The summed E-state index contributed by atoms with van der Waals surface area (Å²) in [6.07, 6.45) is 4.21. The molecule has 1 aliphatic carbocycles. The minimum Gasteiger partial charge on any atom is -0.324 e. The Morgan fingerprint density at radius 1 is 1.20 bits per heavy atom. The van der Waals surface area contributed by atoms with Gasteiger partial charge in [0.2, 0.25) is 0 Å². The smallest absolute Gasteiger partial charge is 0.156 e. The summed E-state index contributed by atoms with van der Waals surface area (Å²) in [5.41, 5.74) is 6.41. The Hall–Kier alpha value is -1.15. The molecule has 1 aromatic carbocycles. The molecular formula is C13H17NO. The maximum absolute atomic E-state index is 12.0. The number of rotatable bonds is 3.